The Morgan fingerprint density at radius 2 is 2.00 bits per heavy atom. The molecule has 0 fully saturated rings. The van der Waals surface area contributed by atoms with Gasteiger partial charge in [-0.15, -0.1) is 0 Å². The van der Waals surface area contributed by atoms with E-state index < -0.39 is 15.8 Å². The first-order valence-corrected chi connectivity index (χ1v) is 8.03. The molecule has 1 rings (SSSR count). The molecule has 0 aliphatic heterocycles. The Morgan fingerprint density at radius 3 is 2.60 bits per heavy atom. The fourth-order valence-corrected chi connectivity index (χ4v) is 2.79. The molecule has 7 heteroatoms. The van der Waals surface area contributed by atoms with Crippen molar-refractivity contribution in [1.82, 2.24) is 0 Å². The number of nitrogens with two attached hydrogens (primary N) is 1. The number of sulfone groups is 1. The molecule has 6 nitrogen and oxygen atoms in total. The number of nitrogen functional groups attached to an aromatic ring is 1. The molecule has 0 aromatic heterocycles. The van der Waals surface area contributed by atoms with E-state index in [0.717, 1.165) is 0 Å². The van der Waals surface area contributed by atoms with Gasteiger partial charge in [0.15, 0.2) is 9.84 Å². The molecule has 112 valence electrons. The zero-order valence-corrected chi connectivity index (χ0v) is 12.4. The van der Waals surface area contributed by atoms with Crippen molar-refractivity contribution >= 4 is 21.5 Å². The molecular formula is C13H19NO5S. The number of carbonyl (C=O) groups excluding carboxylic acids is 1. The molecule has 0 unspecified atom stereocenters. The van der Waals surface area contributed by atoms with Crippen molar-refractivity contribution in [2.45, 2.75) is 13.3 Å². The van der Waals surface area contributed by atoms with Crippen molar-refractivity contribution in [2.24, 2.45) is 0 Å². The van der Waals surface area contributed by atoms with Gasteiger partial charge in [-0.05, 0) is 18.6 Å². The van der Waals surface area contributed by atoms with Gasteiger partial charge < -0.3 is 15.2 Å². The van der Waals surface area contributed by atoms with Crippen LogP contribution in [-0.2, 0) is 14.6 Å². The summed E-state index contributed by atoms with van der Waals surface area (Å²) in [5.41, 5.74) is 6.26. The van der Waals surface area contributed by atoms with Gasteiger partial charge in [0.25, 0.3) is 0 Å². The Morgan fingerprint density at radius 1 is 1.30 bits per heavy atom. The second-order valence-corrected chi connectivity index (χ2v) is 6.55. The van der Waals surface area contributed by atoms with Crippen molar-refractivity contribution in [3.05, 3.63) is 23.8 Å². The Kier molecular flexibility index (Phi) is 5.82. The summed E-state index contributed by atoms with van der Waals surface area (Å²) < 4.78 is 33.1. The lowest BCUT2D eigenvalue weighted by Crippen LogP contribution is -2.17. The van der Waals surface area contributed by atoms with Gasteiger partial charge >= 0.3 is 5.97 Å². The van der Waals surface area contributed by atoms with Gasteiger partial charge in [0.1, 0.15) is 17.9 Å². The van der Waals surface area contributed by atoms with Gasteiger partial charge in [-0.3, -0.25) is 0 Å². The van der Waals surface area contributed by atoms with E-state index in [4.69, 9.17) is 10.5 Å². The highest BCUT2D eigenvalue weighted by molar-refractivity contribution is 7.91. The smallest absolute Gasteiger partial charge is 0.341 e. The first kappa shape index (κ1) is 16.3. The van der Waals surface area contributed by atoms with E-state index in [0.29, 0.717) is 12.1 Å². The van der Waals surface area contributed by atoms with Crippen LogP contribution in [0.4, 0.5) is 5.69 Å². The fraction of sp³-hybridized carbons (Fsp3) is 0.462. The van der Waals surface area contributed by atoms with E-state index in [-0.39, 0.29) is 29.4 Å². The number of benzene rings is 1. The Hall–Kier alpha value is -1.76. The second kappa shape index (κ2) is 7.14. The van der Waals surface area contributed by atoms with E-state index in [1.165, 1.54) is 19.2 Å². The van der Waals surface area contributed by atoms with Crippen LogP contribution in [0.2, 0.25) is 0 Å². The standard InChI is InChI=1S/C13H19NO5S/c1-3-7-20(16,17)8-6-19-12-9-10(14)4-5-11(12)13(15)18-2/h4-5,9H,3,6-8,14H2,1-2H3. The zero-order valence-electron chi connectivity index (χ0n) is 11.6. The molecule has 0 amide bonds. The van der Waals surface area contributed by atoms with Crippen molar-refractivity contribution in [1.29, 1.82) is 0 Å². The lowest BCUT2D eigenvalue weighted by atomic mass is 10.2. The molecule has 0 spiro atoms. The third-order valence-electron chi connectivity index (χ3n) is 2.58. The highest BCUT2D eigenvalue weighted by Gasteiger charge is 2.15. The van der Waals surface area contributed by atoms with Crippen LogP contribution in [0.5, 0.6) is 5.75 Å². The van der Waals surface area contributed by atoms with E-state index in [9.17, 15) is 13.2 Å². The predicted octanol–water partition coefficient (Wildman–Crippen LogP) is 1.26. The summed E-state index contributed by atoms with van der Waals surface area (Å²) in [5.74, 6) is -0.312. The highest BCUT2D eigenvalue weighted by atomic mass is 32.2. The third kappa shape index (κ3) is 4.73. The first-order valence-electron chi connectivity index (χ1n) is 6.20. The van der Waals surface area contributed by atoms with Crippen molar-refractivity contribution < 1.29 is 22.7 Å². The number of methoxy groups -OCH3 is 1. The van der Waals surface area contributed by atoms with Crippen LogP contribution in [0.1, 0.15) is 23.7 Å². The molecule has 1 aromatic carbocycles. The van der Waals surface area contributed by atoms with Gasteiger partial charge in [0.05, 0.1) is 18.6 Å². The molecule has 0 saturated heterocycles. The molecule has 0 aliphatic carbocycles. The topological polar surface area (TPSA) is 95.7 Å². The van der Waals surface area contributed by atoms with E-state index in [1.807, 2.05) is 0 Å². The average Bonchev–Trinajstić information content (AvgIpc) is 2.37. The molecule has 0 atom stereocenters. The molecule has 0 bridgehead atoms. The number of ether oxygens (including phenoxy) is 2. The van der Waals surface area contributed by atoms with Crippen LogP contribution < -0.4 is 10.5 Å². The summed E-state index contributed by atoms with van der Waals surface area (Å²) in [4.78, 5) is 11.5. The van der Waals surface area contributed by atoms with Crippen LogP contribution in [0, 0.1) is 0 Å². The molecule has 0 radical (unpaired) electrons. The minimum Gasteiger partial charge on any atom is -0.492 e. The molecule has 2 N–H and O–H groups in total. The maximum atomic E-state index is 11.6. The molecule has 0 aliphatic rings. The Balaban J connectivity index is 2.77. The van der Waals surface area contributed by atoms with Gasteiger partial charge in [-0.25, -0.2) is 13.2 Å². The van der Waals surface area contributed by atoms with Crippen LogP contribution in [-0.4, -0.2) is 39.6 Å². The number of carbonyl (C=O) groups is 1. The molecule has 0 saturated carbocycles. The maximum Gasteiger partial charge on any atom is 0.341 e. The zero-order chi connectivity index (χ0) is 15.2. The summed E-state index contributed by atoms with van der Waals surface area (Å²) in [5, 5.41) is 0. The van der Waals surface area contributed by atoms with Crippen LogP contribution >= 0.6 is 0 Å². The summed E-state index contributed by atoms with van der Waals surface area (Å²) in [6.07, 6.45) is 0.564. The molecule has 1 aromatic rings. The lowest BCUT2D eigenvalue weighted by Gasteiger charge is -2.11. The summed E-state index contributed by atoms with van der Waals surface area (Å²) in [6.45, 7) is 1.77. The van der Waals surface area contributed by atoms with E-state index in [1.54, 1.807) is 13.0 Å². The summed E-state index contributed by atoms with van der Waals surface area (Å²) in [6, 6.07) is 4.50. The molecule has 0 heterocycles. The number of hydrogen-bond donors (Lipinski definition) is 1. The number of hydrogen-bond acceptors (Lipinski definition) is 6. The van der Waals surface area contributed by atoms with E-state index in [2.05, 4.69) is 4.74 Å². The van der Waals surface area contributed by atoms with Gasteiger partial charge in [0.2, 0.25) is 0 Å². The van der Waals surface area contributed by atoms with Crippen molar-refractivity contribution in [3.63, 3.8) is 0 Å². The predicted molar refractivity (Wildman–Crippen MR) is 76.6 cm³/mol. The Labute approximate surface area is 118 Å². The third-order valence-corrected chi connectivity index (χ3v) is 4.40. The summed E-state index contributed by atoms with van der Waals surface area (Å²) in [7, 11) is -1.86. The SMILES string of the molecule is CCCS(=O)(=O)CCOc1cc(N)ccc1C(=O)OC. The van der Waals surface area contributed by atoms with E-state index >= 15 is 0 Å². The normalized spacial score (nSPS) is 11.1. The number of rotatable bonds is 7. The van der Waals surface area contributed by atoms with Crippen molar-refractivity contribution in [2.75, 3.05) is 31.0 Å². The van der Waals surface area contributed by atoms with Crippen LogP contribution in [0.15, 0.2) is 18.2 Å². The number of esters is 1. The lowest BCUT2D eigenvalue weighted by molar-refractivity contribution is 0.0596. The minimum atomic E-state index is -3.12. The monoisotopic (exact) mass is 301 g/mol. The quantitative estimate of drug-likeness (QED) is 0.601. The van der Waals surface area contributed by atoms with Crippen molar-refractivity contribution in [3.8, 4) is 5.75 Å². The first-order chi connectivity index (χ1) is 9.39. The summed E-state index contributed by atoms with van der Waals surface area (Å²) >= 11 is 0. The second-order valence-electron chi connectivity index (χ2n) is 4.25. The van der Waals surface area contributed by atoms with Crippen LogP contribution in [0.3, 0.4) is 0 Å². The fourth-order valence-electron chi connectivity index (χ4n) is 1.63. The van der Waals surface area contributed by atoms with Gasteiger partial charge in [-0.2, -0.15) is 0 Å². The minimum absolute atomic E-state index is 0.0320. The molecule has 20 heavy (non-hydrogen) atoms. The Bertz CT molecular complexity index is 568. The highest BCUT2D eigenvalue weighted by Crippen LogP contribution is 2.22. The average molecular weight is 301 g/mol. The maximum absolute atomic E-state index is 11.6. The largest absolute Gasteiger partial charge is 0.492 e. The van der Waals surface area contributed by atoms with Crippen LogP contribution in [0.25, 0.3) is 0 Å². The molecular weight excluding hydrogens is 282 g/mol. The van der Waals surface area contributed by atoms with Gasteiger partial charge in [0, 0.05) is 11.8 Å². The number of anilines is 1. The van der Waals surface area contributed by atoms with Gasteiger partial charge in [-0.1, -0.05) is 6.92 Å².